The molecule has 1 unspecified atom stereocenters. The van der Waals surface area contributed by atoms with Gasteiger partial charge in [0.05, 0.1) is 17.2 Å². The molecule has 2 aromatic rings. The van der Waals surface area contributed by atoms with E-state index in [1.165, 1.54) is 12.1 Å². The zero-order chi connectivity index (χ0) is 24.2. The summed E-state index contributed by atoms with van der Waals surface area (Å²) in [6.07, 6.45) is 5.86. The van der Waals surface area contributed by atoms with E-state index in [1.807, 2.05) is 40.1 Å². The minimum Gasteiger partial charge on any atom is -0.368 e. The molecule has 1 aliphatic carbocycles. The first-order valence-electron chi connectivity index (χ1n) is 12.9. The number of likely N-dealkylation sites (tertiary alicyclic amines) is 1. The lowest BCUT2D eigenvalue weighted by atomic mass is 9.94. The fourth-order valence-electron chi connectivity index (χ4n) is 5.64. The van der Waals surface area contributed by atoms with Gasteiger partial charge < -0.3 is 20.0 Å². The maximum Gasteiger partial charge on any atom is 0.256 e. The van der Waals surface area contributed by atoms with Crippen LogP contribution in [0.2, 0.25) is 0 Å². The second-order valence-electron chi connectivity index (χ2n) is 9.89. The number of rotatable bonds is 5. The molecule has 35 heavy (non-hydrogen) atoms. The molecule has 0 aromatic heterocycles. The summed E-state index contributed by atoms with van der Waals surface area (Å²) in [4.78, 5) is 45.2. The van der Waals surface area contributed by atoms with Crippen LogP contribution in [0.4, 0.5) is 11.4 Å². The smallest absolute Gasteiger partial charge is 0.256 e. The molecule has 3 fully saturated rings. The zero-order valence-electron chi connectivity index (χ0n) is 20.2. The maximum absolute atomic E-state index is 13.4. The zero-order valence-corrected chi connectivity index (χ0v) is 20.2. The molecular formula is C28H34N4O3. The molecule has 1 N–H and O–H groups in total. The highest BCUT2D eigenvalue weighted by Crippen LogP contribution is 2.30. The summed E-state index contributed by atoms with van der Waals surface area (Å²) >= 11 is 0. The van der Waals surface area contributed by atoms with Crippen molar-refractivity contribution in [3.05, 3.63) is 60.2 Å². The van der Waals surface area contributed by atoms with Gasteiger partial charge in [0.2, 0.25) is 11.8 Å². The largest absolute Gasteiger partial charge is 0.368 e. The predicted molar refractivity (Wildman–Crippen MR) is 136 cm³/mol. The first kappa shape index (κ1) is 23.4. The van der Waals surface area contributed by atoms with Gasteiger partial charge in [-0.25, -0.2) is 0 Å². The number of nitrogens with one attached hydrogen (secondary N) is 1. The lowest BCUT2D eigenvalue weighted by Gasteiger charge is -2.36. The summed E-state index contributed by atoms with van der Waals surface area (Å²) < 4.78 is 0. The number of benzene rings is 2. The molecule has 1 atom stereocenters. The first-order chi connectivity index (χ1) is 17.1. The lowest BCUT2D eigenvalue weighted by Crippen LogP contribution is -2.49. The number of anilines is 2. The summed E-state index contributed by atoms with van der Waals surface area (Å²) in [5.41, 5.74) is 2.19. The molecule has 0 spiro atoms. The highest BCUT2D eigenvalue weighted by molar-refractivity contribution is 6.05. The van der Waals surface area contributed by atoms with E-state index in [4.69, 9.17) is 0 Å². The van der Waals surface area contributed by atoms with Gasteiger partial charge in [0.25, 0.3) is 5.91 Å². The molecule has 5 rings (SSSR count). The van der Waals surface area contributed by atoms with Crippen molar-refractivity contribution in [2.75, 3.05) is 42.9 Å². The van der Waals surface area contributed by atoms with Crippen molar-refractivity contribution in [3.63, 3.8) is 0 Å². The van der Waals surface area contributed by atoms with Crippen molar-refractivity contribution in [1.82, 2.24) is 9.80 Å². The van der Waals surface area contributed by atoms with E-state index in [0.717, 1.165) is 38.8 Å². The maximum atomic E-state index is 13.4. The van der Waals surface area contributed by atoms with Crippen LogP contribution in [0.5, 0.6) is 0 Å². The van der Waals surface area contributed by atoms with E-state index in [2.05, 4.69) is 22.3 Å². The Morgan fingerprint density at radius 2 is 1.51 bits per heavy atom. The average molecular weight is 475 g/mol. The molecule has 0 bridgehead atoms. The van der Waals surface area contributed by atoms with E-state index >= 15 is 0 Å². The summed E-state index contributed by atoms with van der Waals surface area (Å²) in [7, 11) is 0. The molecule has 3 amide bonds. The predicted octanol–water partition coefficient (Wildman–Crippen LogP) is 3.77. The van der Waals surface area contributed by atoms with E-state index in [1.54, 1.807) is 12.1 Å². The van der Waals surface area contributed by atoms with E-state index in [9.17, 15) is 14.4 Å². The molecule has 3 aliphatic rings. The summed E-state index contributed by atoms with van der Waals surface area (Å²) in [5.74, 6) is -0.537. The third-order valence-electron chi connectivity index (χ3n) is 7.65. The standard InChI is InChI=1S/C28H34N4O3/c33-26-19-21(20-32(26)23-11-5-2-6-12-23)27(34)29-25-14-8-7-13-24(25)28(35)31-17-15-30(16-18-31)22-9-3-1-4-10-22/h1,3-4,7-10,13-14,21,23H,2,5-6,11-12,15-20H2,(H,29,34). The number of carbonyl (C=O) groups is 3. The Hall–Kier alpha value is -3.35. The molecule has 1 saturated carbocycles. The monoisotopic (exact) mass is 474 g/mol. The van der Waals surface area contributed by atoms with E-state index in [0.29, 0.717) is 30.9 Å². The van der Waals surface area contributed by atoms with Gasteiger partial charge in [0.1, 0.15) is 0 Å². The van der Waals surface area contributed by atoms with Crippen LogP contribution < -0.4 is 10.2 Å². The third-order valence-corrected chi connectivity index (χ3v) is 7.65. The van der Waals surface area contributed by atoms with Crippen LogP contribution in [0, 0.1) is 5.92 Å². The van der Waals surface area contributed by atoms with Gasteiger partial charge >= 0.3 is 0 Å². The number of para-hydroxylation sites is 2. The molecule has 184 valence electrons. The van der Waals surface area contributed by atoms with Crippen molar-refractivity contribution < 1.29 is 14.4 Å². The molecule has 7 heteroatoms. The molecule has 2 aromatic carbocycles. The second kappa shape index (κ2) is 10.5. The van der Waals surface area contributed by atoms with Crippen LogP contribution in [0.3, 0.4) is 0 Å². The molecule has 2 aliphatic heterocycles. The topological polar surface area (TPSA) is 73.0 Å². The summed E-state index contributed by atoms with van der Waals surface area (Å²) in [6, 6.07) is 17.7. The van der Waals surface area contributed by atoms with Gasteiger partial charge in [-0.15, -0.1) is 0 Å². The van der Waals surface area contributed by atoms with Gasteiger partial charge in [-0.05, 0) is 37.1 Å². The normalized spacial score (nSPS) is 21.3. The Bertz CT molecular complexity index is 1060. The SMILES string of the molecule is O=C(Nc1ccccc1C(=O)N1CCN(c2ccccc2)CC1)C1CC(=O)N(C2CCCCC2)C1. The number of hydrogen-bond acceptors (Lipinski definition) is 4. The van der Waals surface area contributed by atoms with Gasteiger partial charge in [0.15, 0.2) is 0 Å². The van der Waals surface area contributed by atoms with E-state index < -0.39 is 0 Å². The molecular weight excluding hydrogens is 440 g/mol. The minimum atomic E-state index is -0.373. The number of carbonyl (C=O) groups excluding carboxylic acids is 3. The number of hydrogen-bond donors (Lipinski definition) is 1. The molecule has 2 heterocycles. The Balaban J connectivity index is 1.21. The Labute approximate surface area is 207 Å². The third kappa shape index (κ3) is 5.19. The van der Waals surface area contributed by atoms with Gasteiger partial charge in [-0.2, -0.15) is 0 Å². The van der Waals surface area contributed by atoms with Crippen LogP contribution in [0.1, 0.15) is 48.9 Å². The summed E-state index contributed by atoms with van der Waals surface area (Å²) in [6.45, 7) is 3.27. The van der Waals surface area contributed by atoms with Crippen LogP contribution in [0.15, 0.2) is 54.6 Å². The van der Waals surface area contributed by atoms with Gasteiger partial charge in [-0.1, -0.05) is 49.6 Å². The average Bonchev–Trinajstić information content (AvgIpc) is 3.31. The fourth-order valence-corrected chi connectivity index (χ4v) is 5.64. The Morgan fingerprint density at radius 1 is 0.829 bits per heavy atom. The highest BCUT2D eigenvalue weighted by Gasteiger charge is 2.38. The Morgan fingerprint density at radius 3 is 2.26 bits per heavy atom. The number of piperazine rings is 1. The van der Waals surface area contributed by atoms with Crippen molar-refractivity contribution in [1.29, 1.82) is 0 Å². The lowest BCUT2D eigenvalue weighted by molar-refractivity contribution is -0.130. The van der Waals surface area contributed by atoms with E-state index in [-0.39, 0.29) is 36.1 Å². The fraction of sp³-hybridized carbons (Fsp3) is 0.464. The van der Waals surface area contributed by atoms with Crippen LogP contribution >= 0.6 is 0 Å². The molecule has 0 radical (unpaired) electrons. The number of amides is 3. The van der Waals surface area contributed by atoms with Gasteiger partial charge in [-0.3, -0.25) is 14.4 Å². The quantitative estimate of drug-likeness (QED) is 0.716. The molecule has 2 saturated heterocycles. The highest BCUT2D eigenvalue weighted by atomic mass is 16.2. The molecule has 7 nitrogen and oxygen atoms in total. The number of nitrogens with zero attached hydrogens (tertiary/aromatic N) is 3. The van der Waals surface area contributed by atoms with Crippen molar-refractivity contribution in [2.24, 2.45) is 5.92 Å². The Kier molecular flexibility index (Phi) is 7.02. The van der Waals surface area contributed by atoms with Crippen molar-refractivity contribution >= 4 is 29.1 Å². The van der Waals surface area contributed by atoms with Crippen LogP contribution in [0.25, 0.3) is 0 Å². The first-order valence-corrected chi connectivity index (χ1v) is 12.9. The summed E-state index contributed by atoms with van der Waals surface area (Å²) in [5, 5.41) is 2.98. The van der Waals surface area contributed by atoms with Crippen LogP contribution in [-0.4, -0.2) is 66.3 Å². The van der Waals surface area contributed by atoms with Crippen molar-refractivity contribution in [2.45, 2.75) is 44.6 Å². The van der Waals surface area contributed by atoms with Gasteiger partial charge in [0, 0.05) is 50.9 Å². The minimum absolute atomic E-state index is 0.0695. The second-order valence-corrected chi connectivity index (χ2v) is 9.89. The van der Waals surface area contributed by atoms with Crippen molar-refractivity contribution in [3.8, 4) is 0 Å². The van der Waals surface area contributed by atoms with Crippen LogP contribution in [-0.2, 0) is 9.59 Å².